The van der Waals surface area contributed by atoms with E-state index < -0.39 is 0 Å². The lowest BCUT2D eigenvalue weighted by molar-refractivity contribution is 0.134. The highest BCUT2D eigenvalue weighted by Gasteiger charge is 2.41. The lowest BCUT2D eigenvalue weighted by Crippen LogP contribution is -2.31. The molecule has 0 N–H and O–H groups in total. The molecule has 2 aliphatic rings. The molecule has 4 rings (SSSR count). The van der Waals surface area contributed by atoms with Crippen LogP contribution in [0.2, 0.25) is 0 Å². The highest BCUT2D eigenvalue weighted by Crippen LogP contribution is 2.50. The molecule has 2 aliphatic heterocycles. The first-order valence-corrected chi connectivity index (χ1v) is 10.5. The fraction of sp³-hybridized carbons (Fsp3) is 0.435. The Morgan fingerprint density at radius 2 is 1.78 bits per heavy atom. The largest absolute Gasteiger partial charge is 0.493 e. The number of hydrogen-bond donors (Lipinski definition) is 0. The average Bonchev–Trinajstić information content (AvgIpc) is 2.94. The van der Waals surface area contributed by atoms with E-state index in [0.717, 1.165) is 40.9 Å². The van der Waals surface area contributed by atoms with Crippen molar-refractivity contribution in [1.29, 1.82) is 0 Å². The Bertz CT molecular complexity index is 929. The molecule has 0 amide bonds. The van der Waals surface area contributed by atoms with Gasteiger partial charge in [-0.25, -0.2) is 0 Å². The molecule has 0 atom stereocenters. The molecule has 0 bridgehead atoms. The summed E-state index contributed by atoms with van der Waals surface area (Å²) in [6.45, 7) is 8.69. The molecular formula is C23H26BrNO2. The van der Waals surface area contributed by atoms with Crippen LogP contribution in [0, 0.1) is 0 Å². The first-order chi connectivity index (χ1) is 12.8. The van der Waals surface area contributed by atoms with Gasteiger partial charge in [-0.1, -0.05) is 46.3 Å². The fourth-order valence-corrected chi connectivity index (χ4v) is 4.94. The van der Waals surface area contributed by atoms with Crippen molar-refractivity contribution in [1.82, 2.24) is 0 Å². The van der Waals surface area contributed by atoms with Gasteiger partial charge in [0.2, 0.25) is 0 Å². The zero-order chi connectivity index (χ0) is 19.4. The van der Waals surface area contributed by atoms with E-state index in [-0.39, 0.29) is 11.1 Å². The summed E-state index contributed by atoms with van der Waals surface area (Å²) in [4.78, 5) is 5.19. The van der Waals surface area contributed by atoms with Crippen LogP contribution in [-0.4, -0.2) is 24.0 Å². The minimum atomic E-state index is -0.247. The fourth-order valence-electron chi connectivity index (χ4n) is 4.35. The van der Waals surface area contributed by atoms with Crippen LogP contribution >= 0.6 is 15.9 Å². The highest BCUT2D eigenvalue weighted by molar-refractivity contribution is 9.08. The molecule has 27 heavy (non-hydrogen) atoms. The number of fused-ring (bicyclic) bond motifs is 3. The molecule has 0 saturated carbocycles. The Labute approximate surface area is 169 Å². The molecule has 0 unspecified atom stereocenters. The van der Waals surface area contributed by atoms with E-state index in [1.54, 1.807) is 7.11 Å². The number of hydrogen-bond acceptors (Lipinski definition) is 3. The molecule has 142 valence electrons. The zero-order valence-corrected chi connectivity index (χ0v) is 18.2. The van der Waals surface area contributed by atoms with E-state index >= 15 is 0 Å². The Balaban J connectivity index is 2.07. The Morgan fingerprint density at radius 3 is 2.41 bits per heavy atom. The summed E-state index contributed by atoms with van der Waals surface area (Å²) < 4.78 is 12.2. The van der Waals surface area contributed by atoms with Crippen molar-refractivity contribution >= 4 is 21.6 Å². The van der Waals surface area contributed by atoms with Crippen molar-refractivity contribution in [3.8, 4) is 11.5 Å². The van der Waals surface area contributed by atoms with Gasteiger partial charge in [0.05, 0.1) is 18.4 Å². The first kappa shape index (κ1) is 18.5. The van der Waals surface area contributed by atoms with Gasteiger partial charge in [0, 0.05) is 34.0 Å². The molecule has 0 aromatic heterocycles. The molecule has 3 nitrogen and oxygen atoms in total. The Hall–Kier alpha value is -1.81. The minimum Gasteiger partial charge on any atom is -0.493 e. The van der Waals surface area contributed by atoms with Gasteiger partial charge >= 0.3 is 0 Å². The number of rotatable bonds is 3. The molecule has 2 heterocycles. The van der Waals surface area contributed by atoms with Gasteiger partial charge in [0.25, 0.3) is 0 Å². The van der Waals surface area contributed by atoms with Crippen LogP contribution in [0.5, 0.6) is 11.5 Å². The maximum absolute atomic E-state index is 6.36. The number of benzene rings is 2. The lowest BCUT2D eigenvalue weighted by Gasteiger charge is -2.32. The van der Waals surface area contributed by atoms with Gasteiger partial charge in [-0.2, -0.15) is 0 Å². The molecule has 2 aromatic rings. The van der Waals surface area contributed by atoms with Gasteiger partial charge in [0.1, 0.15) is 5.60 Å². The van der Waals surface area contributed by atoms with Gasteiger partial charge < -0.3 is 9.47 Å². The summed E-state index contributed by atoms with van der Waals surface area (Å²) in [6, 6.07) is 10.5. The summed E-state index contributed by atoms with van der Waals surface area (Å²) in [7, 11) is 1.74. The normalized spacial score (nSPS) is 19.0. The van der Waals surface area contributed by atoms with Crippen LogP contribution in [0.1, 0.15) is 55.5 Å². The highest BCUT2D eigenvalue weighted by atomic mass is 79.9. The summed E-state index contributed by atoms with van der Waals surface area (Å²) in [5, 5.41) is 0.730. The van der Waals surface area contributed by atoms with E-state index in [1.807, 2.05) is 6.07 Å². The second-order valence-corrected chi connectivity index (χ2v) is 9.22. The summed E-state index contributed by atoms with van der Waals surface area (Å²) in [5.74, 6) is 1.76. The topological polar surface area (TPSA) is 30.8 Å². The van der Waals surface area contributed by atoms with Gasteiger partial charge in [-0.3, -0.25) is 4.99 Å². The standard InChI is InChI=1S/C23H26BrNO2/c1-22(2)11-15-17(13-24)20(26-5)21-16(12-23(3,4)27-21)18(15)19(25-22)14-9-7-6-8-10-14/h6-10H,11-13H2,1-5H3. The van der Waals surface area contributed by atoms with Crippen molar-refractivity contribution in [3.63, 3.8) is 0 Å². The van der Waals surface area contributed by atoms with E-state index in [1.165, 1.54) is 22.3 Å². The number of alkyl halides is 1. The zero-order valence-electron chi connectivity index (χ0n) is 16.6. The number of nitrogens with zero attached hydrogens (tertiary/aromatic N) is 1. The summed E-state index contributed by atoms with van der Waals surface area (Å²) in [5.41, 5.74) is 6.81. The molecule has 0 spiro atoms. The van der Waals surface area contributed by atoms with E-state index in [4.69, 9.17) is 14.5 Å². The molecule has 4 heteroatoms. The first-order valence-electron chi connectivity index (χ1n) is 9.41. The minimum absolute atomic E-state index is 0.163. The second-order valence-electron chi connectivity index (χ2n) is 8.66. The van der Waals surface area contributed by atoms with Gasteiger partial charge in [0.15, 0.2) is 11.5 Å². The van der Waals surface area contributed by atoms with E-state index in [0.29, 0.717) is 0 Å². The summed E-state index contributed by atoms with van der Waals surface area (Å²) >= 11 is 3.70. The smallest absolute Gasteiger partial charge is 0.166 e. The molecule has 0 saturated heterocycles. The van der Waals surface area contributed by atoms with Crippen molar-refractivity contribution in [2.45, 2.75) is 57.0 Å². The summed E-state index contributed by atoms with van der Waals surface area (Å²) in [6.07, 6.45) is 1.75. The monoisotopic (exact) mass is 427 g/mol. The van der Waals surface area contributed by atoms with Crippen LogP contribution in [0.4, 0.5) is 0 Å². The average molecular weight is 428 g/mol. The molecular weight excluding hydrogens is 402 g/mol. The van der Waals surface area contributed by atoms with Crippen molar-refractivity contribution in [2.24, 2.45) is 4.99 Å². The number of aliphatic imine (C=N–C) groups is 1. The molecule has 0 fully saturated rings. The SMILES string of the molecule is COc1c(CBr)c2c(c3c1OC(C)(C)C3)C(c1ccccc1)=NC(C)(C)C2. The van der Waals surface area contributed by atoms with Crippen LogP contribution in [-0.2, 0) is 18.2 Å². The molecule has 0 radical (unpaired) electrons. The van der Waals surface area contributed by atoms with Crippen LogP contribution in [0.15, 0.2) is 35.3 Å². The Kier molecular flexibility index (Phi) is 4.38. The predicted octanol–water partition coefficient (Wildman–Crippen LogP) is 5.48. The third kappa shape index (κ3) is 3.08. The van der Waals surface area contributed by atoms with Crippen molar-refractivity contribution in [2.75, 3.05) is 7.11 Å². The predicted molar refractivity (Wildman–Crippen MR) is 114 cm³/mol. The van der Waals surface area contributed by atoms with Crippen molar-refractivity contribution in [3.05, 3.63) is 58.1 Å². The van der Waals surface area contributed by atoms with Gasteiger partial charge in [-0.15, -0.1) is 0 Å². The van der Waals surface area contributed by atoms with E-state index in [9.17, 15) is 0 Å². The third-order valence-corrected chi connectivity index (χ3v) is 5.91. The van der Waals surface area contributed by atoms with Crippen LogP contribution < -0.4 is 9.47 Å². The van der Waals surface area contributed by atoms with Gasteiger partial charge in [-0.05, 0) is 39.7 Å². The number of halogens is 1. The van der Waals surface area contributed by atoms with Crippen LogP contribution in [0.3, 0.4) is 0 Å². The number of methoxy groups -OCH3 is 1. The van der Waals surface area contributed by atoms with Crippen LogP contribution in [0.25, 0.3) is 0 Å². The maximum atomic E-state index is 6.36. The quantitative estimate of drug-likeness (QED) is 0.607. The molecule has 2 aromatic carbocycles. The Morgan fingerprint density at radius 1 is 1.07 bits per heavy atom. The maximum Gasteiger partial charge on any atom is 0.166 e. The number of ether oxygens (including phenoxy) is 2. The van der Waals surface area contributed by atoms with E-state index in [2.05, 4.69) is 67.9 Å². The third-order valence-electron chi connectivity index (χ3n) is 5.35. The van der Waals surface area contributed by atoms with Crippen molar-refractivity contribution < 1.29 is 9.47 Å². The molecule has 0 aliphatic carbocycles. The second kappa shape index (κ2) is 6.37. The lowest BCUT2D eigenvalue weighted by atomic mass is 9.79.